The van der Waals surface area contributed by atoms with Crippen LogP contribution in [0.2, 0.25) is 0 Å². The zero-order valence-electron chi connectivity index (χ0n) is 44.5. The van der Waals surface area contributed by atoms with Gasteiger partial charge in [-0.3, -0.25) is 24.6 Å². The molecule has 1 aliphatic rings. The molecule has 3 amide bonds. The summed E-state index contributed by atoms with van der Waals surface area (Å²) in [6.07, 6.45) is 22.6. The molecule has 0 radical (unpaired) electrons. The first-order chi connectivity index (χ1) is 33.3. The van der Waals surface area contributed by atoms with Crippen molar-refractivity contribution in [2.75, 3.05) is 32.7 Å². The van der Waals surface area contributed by atoms with E-state index in [9.17, 15) is 34.8 Å². The van der Waals surface area contributed by atoms with Crippen molar-refractivity contribution in [3.05, 3.63) is 0 Å². The van der Waals surface area contributed by atoms with Crippen LogP contribution < -0.4 is 38.1 Å². The molecular formula is C53H108N8O8. The Labute approximate surface area is 420 Å². The fourth-order valence-electron chi connectivity index (χ4n) is 9.11. The second-order valence-electron chi connectivity index (χ2n) is 20.1. The van der Waals surface area contributed by atoms with E-state index in [2.05, 4.69) is 66.1 Å². The first kappa shape index (κ1) is 65.0. The maximum atomic E-state index is 13.2. The normalized spacial score (nSPS) is 20.6. The van der Waals surface area contributed by atoms with Crippen LogP contribution in [-0.2, 0) is 19.1 Å². The van der Waals surface area contributed by atoms with E-state index in [-0.39, 0.29) is 30.3 Å². The van der Waals surface area contributed by atoms with Crippen molar-refractivity contribution in [1.82, 2.24) is 31.5 Å². The molecule has 1 rings (SSSR count). The number of hydrogen-bond donors (Lipinski definition) is 11. The Kier molecular flexibility index (Phi) is 40.1. The van der Waals surface area contributed by atoms with Gasteiger partial charge in [-0.1, -0.05) is 163 Å². The van der Waals surface area contributed by atoms with Gasteiger partial charge in [-0.15, -0.1) is 0 Å². The fraction of sp³-hybridized carbons (Fsp3) is 0.943. The molecule has 0 aliphatic carbocycles. The Morgan fingerprint density at radius 1 is 0.594 bits per heavy atom. The van der Waals surface area contributed by atoms with Crippen LogP contribution in [0.4, 0.5) is 0 Å². The molecule has 408 valence electrons. The third-order valence-electron chi connectivity index (χ3n) is 13.8. The van der Waals surface area contributed by atoms with Crippen molar-refractivity contribution >= 4 is 17.7 Å². The van der Waals surface area contributed by atoms with Gasteiger partial charge in [-0.05, 0) is 70.3 Å². The number of unbranched alkanes of at least 4 members (excludes halogenated alkanes) is 19. The lowest BCUT2D eigenvalue weighted by atomic mass is 9.97. The van der Waals surface area contributed by atoms with Crippen LogP contribution >= 0.6 is 0 Å². The van der Waals surface area contributed by atoms with Crippen LogP contribution in [0.15, 0.2) is 0 Å². The van der Waals surface area contributed by atoms with Crippen molar-refractivity contribution in [2.24, 2.45) is 17.4 Å². The highest BCUT2D eigenvalue weighted by molar-refractivity contribution is 5.89. The lowest BCUT2D eigenvalue weighted by Crippen LogP contribution is -2.63. The van der Waals surface area contributed by atoms with Gasteiger partial charge in [-0.25, -0.2) is 0 Å². The quantitative estimate of drug-likeness (QED) is 0.0237. The number of nitrogens with one attached hydrogen (secondary N) is 5. The second-order valence-corrected chi connectivity index (χ2v) is 20.1. The Hall–Kier alpha value is -1.99. The summed E-state index contributed by atoms with van der Waals surface area (Å²) in [6.45, 7) is 15.2. The number of ether oxygens (including phenoxy) is 1. The largest absolute Gasteiger partial charge is 0.387 e. The van der Waals surface area contributed by atoms with E-state index < -0.39 is 42.7 Å². The third-order valence-corrected chi connectivity index (χ3v) is 13.8. The van der Waals surface area contributed by atoms with Crippen LogP contribution in [0, 0.1) is 5.92 Å². The number of aliphatic hydroxyl groups is 4. The van der Waals surface area contributed by atoms with E-state index in [1.807, 2.05) is 0 Å². The van der Waals surface area contributed by atoms with Gasteiger partial charge in [-0.2, -0.15) is 0 Å². The summed E-state index contributed by atoms with van der Waals surface area (Å²) in [5.41, 5.74) is 12.8. The Bertz CT molecular complexity index is 1260. The predicted molar refractivity (Wildman–Crippen MR) is 280 cm³/mol. The zero-order chi connectivity index (χ0) is 51.1. The van der Waals surface area contributed by atoms with Gasteiger partial charge < -0.3 is 57.9 Å². The molecule has 0 aromatic heterocycles. The van der Waals surface area contributed by atoms with E-state index >= 15 is 0 Å². The molecule has 1 aliphatic heterocycles. The number of carbonyl (C=O) groups is 3. The molecule has 0 saturated carbocycles. The van der Waals surface area contributed by atoms with Gasteiger partial charge in [0.15, 0.2) is 12.4 Å². The summed E-state index contributed by atoms with van der Waals surface area (Å²) in [7, 11) is 0. The van der Waals surface area contributed by atoms with Gasteiger partial charge in [0.2, 0.25) is 11.8 Å². The van der Waals surface area contributed by atoms with E-state index in [1.165, 1.54) is 38.5 Å². The first-order valence-corrected chi connectivity index (χ1v) is 28.3. The molecule has 0 spiro atoms. The maximum absolute atomic E-state index is 13.2. The Morgan fingerprint density at radius 2 is 1.14 bits per heavy atom. The van der Waals surface area contributed by atoms with Crippen LogP contribution in [-0.4, -0.2) is 131 Å². The van der Waals surface area contributed by atoms with E-state index in [0.29, 0.717) is 25.3 Å². The van der Waals surface area contributed by atoms with Gasteiger partial charge in [0, 0.05) is 32.6 Å². The summed E-state index contributed by atoms with van der Waals surface area (Å²) in [5, 5.41) is 56.2. The monoisotopic (exact) mass is 985 g/mol. The van der Waals surface area contributed by atoms with Crippen molar-refractivity contribution in [1.29, 1.82) is 0 Å². The Morgan fingerprint density at radius 3 is 1.72 bits per heavy atom. The molecule has 16 heteroatoms. The number of hydrogen-bond acceptors (Lipinski definition) is 13. The van der Waals surface area contributed by atoms with E-state index in [4.69, 9.17) is 16.2 Å². The van der Waals surface area contributed by atoms with Gasteiger partial charge in [0.05, 0.1) is 18.5 Å². The number of aliphatic hydroxyl groups excluding tert-OH is 4. The summed E-state index contributed by atoms with van der Waals surface area (Å²) >= 11 is 0. The molecule has 10 unspecified atom stereocenters. The topological polar surface area (TPSA) is 257 Å². The maximum Gasteiger partial charge on any atom is 0.252 e. The van der Waals surface area contributed by atoms with Gasteiger partial charge in [0.25, 0.3) is 5.91 Å². The van der Waals surface area contributed by atoms with Crippen LogP contribution in [0.25, 0.3) is 0 Å². The molecule has 0 aromatic carbocycles. The number of nitrogens with zero attached hydrogens (tertiary/aromatic N) is 1. The van der Waals surface area contributed by atoms with Crippen LogP contribution in [0.5, 0.6) is 0 Å². The summed E-state index contributed by atoms with van der Waals surface area (Å²) < 4.78 is 5.09. The second kappa shape index (κ2) is 42.5. The lowest BCUT2D eigenvalue weighted by molar-refractivity contribution is -0.275. The van der Waals surface area contributed by atoms with Gasteiger partial charge in [0.1, 0.15) is 24.4 Å². The lowest BCUT2D eigenvalue weighted by Gasteiger charge is -2.37. The zero-order valence-corrected chi connectivity index (χ0v) is 44.5. The molecule has 1 fully saturated rings. The van der Waals surface area contributed by atoms with Crippen molar-refractivity contribution < 1.29 is 39.5 Å². The number of rotatable bonds is 46. The average molecular weight is 985 g/mol. The summed E-state index contributed by atoms with van der Waals surface area (Å²) in [6, 6.07) is -0.852. The minimum absolute atomic E-state index is 0.00154. The third kappa shape index (κ3) is 31.3. The van der Waals surface area contributed by atoms with Crippen molar-refractivity contribution in [3.63, 3.8) is 0 Å². The minimum Gasteiger partial charge on any atom is -0.387 e. The SMILES string of the molecule is CCCCCCCCCCC(NC(=O)C1OC(O)C(O)C(O)C1O)C(=O)NCCCCCCCCCCCC(=O)NCCCCCCC(CNC(CCC)NC(N)CC)CN(CCCC)C(N)CC. The Balaban J connectivity index is 2.29. The minimum atomic E-state index is -1.84. The first-order valence-electron chi connectivity index (χ1n) is 28.3. The highest BCUT2D eigenvalue weighted by Crippen LogP contribution is 2.21. The van der Waals surface area contributed by atoms with Crippen molar-refractivity contribution in [2.45, 2.75) is 282 Å². The highest BCUT2D eigenvalue weighted by atomic mass is 16.6. The molecule has 0 aromatic rings. The molecular weight excluding hydrogens is 877 g/mol. The van der Waals surface area contributed by atoms with Crippen LogP contribution in [0.3, 0.4) is 0 Å². The molecule has 1 heterocycles. The standard InChI is InChI=1S/C53H108N8O8/c1-6-11-13-14-15-19-22-28-34-42(59-52(67)50-48(64)47(63)49(65)53(68)69-50)51(66)57-37-31-25-21-18-16-17-20-23-29-35-46(62)56-36-30-26-24-27-33-41(40-61(38-12-7-2)44(55)10-5)39-58-45(32-8-3)60-43(54)9-4/h41-45,47-50,53,58,60,63-65,68H,6-40,54-55H2,1-5H3,(H,56,62)(H,57,66)(H,59,67). The number of nitrogens with two attached hydrogens (primary N) is 2. The smallest absolute Gasteiger partial charge is 0.252 e. The molecule has 16 nitrogen and oxygen atoms in total. The van der Waals surface area contributed by atoms with Crippen LogP contribution in [0.1, 0.15) is 227 Å². The molecule has 0 bridgehead atoms. The molecule has 69 heavy (non-hydrogen) atoms. The van der Waals surface area contributed by atoms with E-state index in [1.54, 1.807) is 0 Å². The highest BCUT2D eigenvalue weighted by Gasteiger charge is 2.46. The average Bonchev–Trinajstić information content (AvgIpc) is 3.34. The van der Waals surface area contributed by atoms with Gasteiger partial charge >= 0.3 is 0 Å². The summed E-state index contributed by atoms with van der Waals surface area (Å²) in [4.78, 5) is 41.3. The molecule has 10 atom stereocenters. The number of amides is 3. The van der Waals surface area contributed by atoms with Crippen molar-refractivity contribution in [3.8, 4) is 0 Å². The fourth-order valence-corrected chi connectivity index (χ4v) is 9.11. The summed E-state index contributed by atoms with van der Waals surface area (Å²) in [5.74, 6) is -0.464. The predicted octanol–water partition coefficient (Wildman–Crippen LogP) is 6.30. The molecule has 13 N–H and O–H groups in total. The number of carbonyl (C=O) groups excluding carboxylic acids is 3. The molecule has 1 saturated heterocycles. The van der Waals surface area contributed by atoms with E-state index in [0.717, 1.165) is 167 Å².